The zero-order valence-electron chi connectivity index (χ0n) is 15.6. The first-order chi connectivity index (χ1) is 13.9. The number of anilines is 2. The lowest BCUT2D eigenvalue weighted by atomic mass is 10.2. The number of ether oxygens (including phenoxy) is 1. The molecule has 3 aromatic carbocycles. The van der Waals surface area contributed by atoms with E-state index in [1.807, 2.05) is 6.92 Å². The zero-order valence-corrected chi connectivity index (χ0v) is 16.4. The van der Waals surface area contributed by atoms with Gasteiger partial charge in [0, 0.05) is 16.9 Å². The molecule has 29 heavy (non-hydrogen) atoms. The molecule has 0 fully saturated rings. The van der Waals surface area contributed by atoms with Crippen LogP contribution in [0.5, 0.6) is 5.75 Å². The molecule has 0 radical (unpaired) electrons. The number of benzene rings is 3. The van der Waals surface area contributed by atoms with Crippen molar-refractivity contribution in [2.75, 3.05) is 16.6 Å². The normalized spacial score (nSPS) is 11.0. The van der Waals surface area contributed by atoms with Crippen LogP contribution in [0.4, 0.5) is 15.8 Å². The maximum atomic E-state index is 13.2. The number of nitrogens with one attached hydrogen (secondary N) is 2. The fraction of sp³-hybridized carbons (Fsp3) is 0.0952. The summed E-state index contributed by atoms with van der Waals surface area (Å²) in [5, 5.41) is 2.56. The van der Waals surface area contributed by atoms with Gasteiger partial charge in [-0.1, -0.05) is 6.07 Å². The number of halogens is 1. The molecule has 0 unspecified atom stereocenters. The highest BCUT2D eigenvalue weighted by Gasteiger charge is 2.15. The lowest BCUT2D eigenvalue weighted by Crippen LogP contribution is -2.15. The quantitative estimate of drug-likeness (QED) is 0.604. The van der Waals surface area contributed by atoms with E-state index in [0.717, 1.165) is 0 Å². The maximum Gasteiger partial charge on any atom is 0.261 e. The van der Waals surface area contributed by atoms with Crippen molar-refractivity contribution in [3.05, 3.63) is 84.2 Å². The molecule has 0 saturated heterocycles. The molecule has 0 spiro atoms. The SMILES string of the molecule is CCOc1ccc(NS(=O)(=O)c2ccc(C(=O)Nc3cccc(F)c3)cc2)cc1. The molecule has 0 bridgehead atoms. The van der Waals surface area contributed by atoms with Crippen LogP contribution in [0.15, 0.2) is 77.7 Å². The molecule has 3 rings (SSSR count). The molecule has 0 aliphatic carbocycles. The lowest BCUT2D eigenvalue weighted by molar-refractivity contribution is 0.102. The number of hydrogen-bond acceptors (Lipinski definition) is 4. The van der Waals surface area contributed by atoms with Crippen molar-refractivity contribution in [2.45, 2.75) is 11.8 Å². The van der Waals surface area contributed by atoms with Gasteiger partial charge in [-0.3, -0.25) is 9.52 Å². The molecule has 0 aromatic heterocycles. The first-order valence-electron chi connectivity index (χ1n) is 8.80. The van der Waals surface area contributed by atoms with Crippen molar-refractivity contribution in [2.24, 2.45) is 0 Å². The van der Waals surface area contributed by atoms with Crippen molar-refractivity contribution in [1.29, 1.82) is 0 Å². The standard InChI is InChI=1S/C21H19FN2O4S/c1-2-28-19-10-8-17(9-11-19)24-29(26,27)20-12-6-15(7-13-20)21(25)23-18-5-3-4-16(22)14-18/h3-14,24H,2H2,1H3,(H,23,25). The third kappa shape index (κ3) is 5.32. The monoisotopic (exact) mass is 414 g/mol. The number of carbonyl (C=O) groups is 1. The van der Waals surface area contributed by atoms with Gasteiger partial charge < -0.3 is 10.1 Å². The first-order valence-corrected chi connectivity index (χ1v) is 10.3. The Balaban J connectivity index is 1.70. The summed E-state index contributed by atoms with van der Waals surface area (Å²) >= 11 is 0. The molecule has 1 amide bonds. The highest BCUT2D eigenvalue weighted by Crippen LogP contribution is 2.20. The van der Waals surface area contributed by atoms with E-state index in [-0.39, 0.29) is 10.5 Å². The van der Waals surface area contributed by atoms with Gasteiger partial charge in [-0.25, -0.2) is 12.8 Å². The topological polar surface area (TPSA) is 84.5 Å². The van der Waals surface area contributed by atoms with Gasteiger partial charge in [-0.05, 0) is 73.7 Å². The summed E-state index contributed by atoms with van der Waals surface area (Å²) in [7, 11) is -3.82. The maximum absolute atomic E-state index is 13.2. The number of hydrogen-bond donors (Lipinski definition) is 2. The van der Waals surface area contributed by atoms with Crippen LogP contribution < -0.4 is 14.8 Å². The Morgan fingerprint density at radius 3 is 2.28 bits per heavy atom. The molecular formula is C21H19FN2O4S. The molecular weight excluding hydrogens is 395 g/mol. The Hall–Kier alpha value is -3.39. The molecule has 6 nitrogen and oxygen atoms in total. The van der Waals surface area contributed by atoms with Crippen molar-refractivity contribution in [1.82, 2.24) is 0 Å². The molecule has 3 aromatic rings. The molecule has 0 saturated carbocycles. The number of carbonyl (C=O) groups excluding carboxylic acids is 1. The Morgan fingerprint density at radius 1 is 0.966 bits per heavy atom. The van der Waals surface area contributed by atoms with E-state index in [0.29, 0.717) is 23.7 Å². The Bertz CT molecular complexity index is 1100. The third-order valence-corrected chi connectivity index (χ3v) is 5.32. The van der Waals surface area contributed by atoms with Gasteiger partial charge in [0.1, 0.15) is 11.6 Å². The van der Waals surface area contributed by atoms with Gasteiger partial charge in [-0.2, -0.15) is 0 Å². The van der Waals surface area contributed by atoms with Crippen LogP contribution in [0.1, 0.15) is 17.3 Å². The van der Waals surface area contributed by atoms with Gasteiger partial charge in [0.05, 0.1) is 11.5 Å². The Labute approximate surface area is 168 Å². The van der Waals surface area contributed by atoms with Crippen LogP contribution in [0.3, 0.4) is 0 Å². The van der Waals surface area contributed by atoms with E-state index in [1.54, 1.807) is 30.3 Å². The predicted octanol–water partition coefficient (Wildman–Crippen LogP) is 4.28. The van der Waals surface area contributed by atoms with E-state index < -0.39 is 21.7 Å². The smallest absolute Gasteiger partial charge is 0.261 e. The zero-order chi connectivity index (χ0) is 20.9. The van der Waals surface area contributed by atoms with Crippen LogP contribution in [0.25, 0.3) is 0 Å². The van der Waals surface area contributed by atoms with Crippen LogP contribution in [0, 0.1) is 5.82 Å². The largest absolute Gasteiger partial charge is 0.494 e. The van der Waals surface area contributed by atoms with Gasteiger partial charge in [0.15, 0.2) is 0 Å². The minimum absolute atomic E-state index is 0.00805. The minimum Gasteiger partial charge on any atom is -0.494 e. The summed E-state index contributed by atoms with van der Waals surface area (Å²) in [5.41, 5.74) is 0.944. The average molecular weight is 414 g/mol. The third-order valence-electron chi connectivity index (χ3n) is 3.93. The summed E-state index contributed by atoms with van der Waals surface area (Å²) in [6.45, 7) is 2.38. The Kier molecular flexibility index (Phi) is 6.13. The van der Waals surface area contributed by atoms with Crippen molar-refractivity contribution < 1.29 is 22.3 Å². The molecule has 2 N–H and O–H groups in total. The first kappa shape index (κ1) is 20.3. The second kappa shape index (κ2) is 8.74. The summed E-state index contributed by atoms with van der Waals surface area (Å²) in [6.07, 6.45) is 0. The fourth-order valence-electron chi connectivity index (χ4n) is 2.55. The molecule has 8 heteroatoms. The van der Waals surface area contributed by atoms with Gasteiger partial charge >= 0.3 is 0 Å². The van der Waals surface area contributed by atoms with Crippen LogP contribution >= 0.6 is 0 Å². The highest BCUT2D eigenvalue weighted by atomic mass is 32.2. The van der Waals surface area contributed by atoms with E-state index in [9.17, 15) is 17.6 Å². The predicted molar refractivity (Wildman–Crippen MR) is 109 cm³/mol. The lowest BCUT2D eigenvalue weighted by Gasteiger charge is -2.10. The molecule has 0 heterocycles. The average Bonchev–Trinajstić information content (AvgIpc) is 2.69. The second-order valence-electron chi connectivity index (χ2n) is 6.05. The van der Waals surface area contributed by atoms with E-state index in [4.69, 9.17) is 4.74 Å². The molecule has 150 valence electrons. The van der Waals surface area contributed by atoms with Crippen LogP contribution in [0.2, 0.25) is 0 Å². The second-order valence-corrected chi connectivity index (χ2v) is 7.73. The van der Waals surface area contributed by atoms with Gasteiger partial charge in [0.2, 0.25) is 0 Å². The number of amides is 1. The summed E-state index contributed by atoms with van der Waals surface area (Å²) in [5.74, 6) is -0.298. The van der Waals surface area contributed by atoms with Crippen molar-refractivity contribution >= 4 is 27.3 Å². The van der Waals surface area contributed by atoms with Crippen molar-refractivity contribution in [3.63, 3.8) is 0 Å². The highest BCUT2D eigenvalue weighted by molar-refractivity contribution is 7.92. The minimum atomic E-state index is -3.82. The summed E-state index contributed by atoms with van der Waals surface area (Å²) in [6, 6.07) is 17.5. The van der Waals surface area contributed by atoms with Crippen LogP contribution in [-0.2, 0) is 10.0 Å². The number of sulfonamides is 1. The number of rotatable bonds is 7. The summed E-state index contributed by atoms with van der Waals surface area (Å²) in [4.78, 5) is 12.3. The molecule has 0 atom stereocenters. The van der Waals surface area contributed by atoms with E-state index >= 15 is 0 Å². The van der Waals surface area contributed by atoms with E-state index in [2.05, 4.69) is 10.0 Å². The Morgan fingerprint density at radius 2 is 1.66 bits per heavy atom. The van der Waals surface area contributed by atoms with Gasteiger partial charge in [0.25, 0.3) is 15.9 Å². The molecule has 0 aliphatic rings. The van der Waals surface area contributed by atoms with Crippen molar-refractivity contribution in [3.8, 4) is 5.75 Å². The summed E-state index contributed by atoms with van der Waals surface area (Å²) < 4.78 is 46.1. The van der Waals surface area contributed by atoms with Gasteiger partial charge in [-0.15, -0.1) is 0 Å². The van der Waals surface area contributed by atoms with Crippen LogP contribution in [-0.4, -0.2) is 20.9 Å². The van der Waals surface area contributed by atoms with E-state index in [1.165, 1.54) is 42.5 Å². The fourth-order valence-corrected chi connectivity index (χ4v) is 3.61. The molecule has 0 aliphatic heterocycles.